The number of aromatic hydroxyl groups is 1. The Morgan fingerprint density at radius 1 is 1.12 bits per heavy atom. The summed E-state index contributed by atoms with van der Waals surface area (Å²) in [6.45, 7) is 17.6. The Hall–Kier alpha value is -1.30. The number of rotatable bonds is 5. The SMILES string of the molecule is CC(O[Si](C)(C)C(C)(C)C)C1=CC(c2ccc(O)cc2)(C(C)C)ON1. The fourth-order valence-electron chi connectivity index (χ4n) is 2.80. The van der Waals surface area contributed by atoms with Gasteiger partial charge in [-0.05, 0) is 54.7 Å². The third-order valence-electron chi connectivity index (χ3n) is 5.60. The van der Waals surface area contributed by atoms with Crippen LogP contribution in [0.25, 0.3) is 0 Å². The summed E-state index contributed by atoms with van der Waals surface area (Å²) in [5.74, 6) is 0.481. The van der Waals surface area contributed by atoms with Gasteiger partial charge in [-0.1, -0.05) is 46.8 Å². The van der Waals surface area contributed by atoms with E-state index in [-0.39, 0.29) is 22.8 Å². The monoisotopic (exact) mass is 363 g/mol. The minimum Gasteiger partial charge on any atom is -0.508 e. The second-order valence-electron chi connectivity index (χ2n) is 8.82. The Kier molecular flexibility index (Phi) is 5.43. The van der Waals surface area contributed by atoms with Crippen molar-refractivity contribution in [3.05, 3.63) is 41.6 Å². The van der Waals surface area contributed by atoms with Gasteiger partial charge in [-0.3, -0.25) is 10.3 Å². The van der Waals surface area contributed by atoms with Crippen LogP contribution in [0.4, 0.5) is 0 Å². The lowest BCUT2D eigenvalue weighted by Crippen LogP contribution is -2.44. The average molecular weight is 364 g/mol. The first-order chi connectivity index (χ1) is 11.4. The van der Waals surface area contributed by atoms with Gasteiger partial charge in [0, 0.05) is 0 Å². The van der Waals surface area contributed by atoms with Crippen molar-refractivity contribution < 1.29 is 14.4 Å². The first kappa shape index (κ1) is 20.0. The van der Waals surface area contributed by atoms with Crippen molar-refractivity contribution in [2.75, 3.05) is 0 Å². The molecular formula is C20H33NO3Si. The molecule has 25 heavy (non-hydrogen) atoms. The van der Waals surface area contributed by atoms with Crippen molar-refractivity contribution >= 4 is 8.32 Å². The van der Waals surface area contributed by atoms with Crippen molar-refractivity contribution in [3.63, 3.8) is 0 Å². The number of hydrogen-bond donors (Lipinski definition) is 2. The fourth-order valence-corrected chi connectivity index (χ4v) is 4.16. The van der Waals surface area contributed by atoms with Crippen LogP contribution in [0.15, 0.2) is 36.0 Å². The summed E-state index contributed by atoms with van der Waals surface area (Å²) < 4.78 is 6.50. The van der Waals surface area contributed by atoms with Crippen LogP contribution in [0.5, 0.6) is 5.75 Å². The molecule has 0 aliphatic carbocycles. The third kappa shape index (κ3) is 3.94. The van der Waals surface area contributed by atoms with Crippen molar-refractivity contribution in [2.45, 2.75) is 71.4 Å². The smallest absolute Gasteiger partial charge is 0.192 e. The normalized spacial score (nSPS) is 22.7. The van der Waals surface area contributed by atoms with E-state index < -0.39 is 13.9 Å². The number of phenols is 1. The van der Waals surface area contributed by atoms with Gasteiger partial charge < -0.3 is 9.53 Å². The molecule has 2 N–H and O–H groups in total. The van der Waals surface area contributed by atoms with Crippen LogP contribution in [-0.4, -0.2) is 19.5 Å². The Morgan fingerprint density at radius 2 is 1.68 bits per heavy atom. The third-order valence-corrected chi connectivity index (χ3v) is 10.2. The van der Waals surface area contributed by atoms with E-state index in [1.807, 2.05) is 12.1 Å². The first-order valence-electron chi connectivity index (χ1n) is 9.03. The minimum absolute atomic E-state index is 0.0568. The molecule has 0 bridgehead atoms. The number of benzene rings is 1. The molecule has 1 aromatic carbocycles. The van der Waals surface area contributed by atoms with E-state index in [0.29, 0.717) is 0 Å². The fraction of sp³-hybridized carbons (Fsp3) is 0.600. The zero-order chi connectivity index (χ0) is 19.0. The standard InChI is InChI=1S/C20H33NO3Si/c1-14(2)20(16-9-11-17(22)12-10-16)13-18(21-24-20)15(3)23-25(7,8)19(4,5)6/h9-15,21-22H,1-8H3. The predicted molar refractivity (Wildman–Crippen MR) is 105 cm³/mol. The van der Waals surface area contributed by atoms with Crippen LogP contribution in [0.2, 0.25) is 18.1 Å². The molecule has 2 rings (SSSR count). The highest BCUT2D eigenvalue weighted by Crippen LogP contribution is 2.42. The first-order valence-corrected chi connectivity index (χ1v) is 11.9. The number of nitrogens with one attached hydrogen (secondary N) is 1. The van der Waals surface area contributed by atoms with Gasteiger partial charge >= 0.3 is 0 Å². The molecule has 1 aliphatic rings. The van der Waals surface area contributed by atoms with Crippen LogP contribution in [0.1, 0.15) is 47.1 Å². The number of hydroxylamine groups is 1. The van der Waals surface area contributed by atoms with Crippen LogP contribution in [-0.2, 0) is 14.9 Å². The lowest BCUT2D eigenvalue weighted by atomic mass is 9.83. The molecular weight excluding hydrogens is 330 g/mol. The second-order valence-corrected chi connectivity index (χ2v) is 13.6. The summed E-state index contributed by atoms with van der Waals surface area (Å²) >= 11 is 0. The summed E-state index contributed by atoms with van der Waals surface area (Å²) in [6.07, 6.45) is 2.08. The van der Waals surface area contributed by atoms with E-state index in [2.05, 4.69) is 66.2 Å². The summed E-state index contributed by atoms with van der Waals surface area (Å²) in [4.78, 5) is 6.07. The molecule has 1 aliphatic heterocycles. The summed E-state index contributed by atoms with van der Waals surface area (Å²) in [7, 11) is -1.87. The van der Waals surface area contributed by atoms with Crippen LogP contribution in [0.3, 0.4) is 0 Å². The molecule has 0 aromatic heterocycles. The minimum atomic E-state index is -1.87. The predicted octanol–water partition coefficient (Wildman–Crippen LogP) is 5.07. The van der Waals surface area contributed by atoms with Gasteiger partial charge in [0.1, 0.15) is 11.4 Å². The molecule has 0 spiro atoms. The van der Waals surface area contributed by atoms with Gasteiger partial charge in [-0.2, -0.15) is 0 Å². The maximum absolute atomic E-state index is 9.58. The van der Waals surface area contributed by atoms with Crippen molar-refractivity contribution in [2.24, 2.45) is 5.92 Å². The van der Waals surface area contributed by atoms with Crippen molar-refractivity contribution in [3.8, 4) is 5.75 Å². The zero-order valence-corrected chi connectivity index (χ0v) is 17.8. The Morgan fingerprint density at radius 3 is 2.16 bits per heavy atom. The Balaban J connectivity index is 2.30. The molecule has 2 atom stereocenters. The van der Waals surface area contributed by atoms with Gasteiger partial charge in [0.2, 0.25) is 0 Å². The molecule has 0 fully saturated rings. The number of hydrogen-bond acceptors (Lipinski definition) is 4. The van der Waals surface area contributed by atoms with Crippen molar-refractivity contribution in [1.29, 1.82) is 0 Å². The highest BCUT2D eigenvalue weighted by atomic mass is 28.4. The highest BCUT2D eigenvalue weighted by Gasteiger charge is 2.43. The maximum Gasteiger partial charge on any atom is 0.192 e. The molecule has 0 saturated heterocycles. The Bertz CT molecular complexity index is 631. The van der Waals surface area contributed by atoms with Gasteiger partial charge in [0.05, 0.1) is 11.8 Å². The van der Waals surface area contributed by atoms with Crippen LogP contribution < -0.4 is 5.48 Å². The van der Waals surface area contributed by atoms with Gasteiger partial charge in [-0.25, -0.2) is 0 Å². The highest BCUT2D eigenvalue weighted by molar-refractivity contribution is 6.74. The van der Waals surface area contributed by atoms with Crippen LogP contribution >= 0.6 is 0 Å². The molecule has 5 heteroatoms. The molecule has 2 unspecified atom stereocenters. The molecule has 140 valence electrons. The molecule has 0 radical (unpaired) electrons. The van der Waals surface area contributed by atoms with Crippen LogP contribution in [0, 0.1) is 5.92 Å². The van der Waals surface area contributed by atoms with Crippen molar-refractivity contribution in [1.82, 2.24) is 5.48 Å². The van der Waals surface area contributed by atoms with E-state index in [1.165, 1.54) is 0 Å². The van der Waals surface area contributed by atoms with Gasteiger partial charge in [-0.15, -0.1) is 0 Å². The maximum atomic E-state index is 9.58. The second kappa shape index (κ2) is 6.78. The summed E-state index contributed by atoms with van der Waals surface area (Å²) in [6, 6.07) is 7.22. The number of phenolic OH excluding ortho intramolecular Hbond substituents is 1. The summed E-state index contributed by atoms with van der Waals surface area (Å²) in [5.41, 5.74) is 4.53. The van der Waals surface area contributed by atoms with E-state index in [4.69, 9.17) is 9.26 Å². The molecule has 1 aromatic rings. The van der Waals surface area contributed by atoms with E-state index in [9.17, 15) is 5.11 Å². The topological polar surface area (TPSA) is 50.7 Å². The zero-order valence-electron chi connectivity index (χ0n) is 16.8. The molecule has 1 heterocycles. The largest absolute Gasteiger partial charge is 0.508 e. The lowest BCUT2D eigenvalue weighted by molar-refractivity contribution is -0.0762. The molecule has 0 saturated carbocycles. The lowest BCUT2D eigenvalue weighted by Gasteiger charge is -2.38. The van der Waals surface area contributed by atoms with E-state index >= 15 is 0 Å². The average Bonchev–Trinajstić information content (AvgIpc) is 2.93. The summed E-state index contributed by atoms with van der Waals surface area (Å²) in [5, 5.41) is 9.74. The van der Waals surface area contributed by atoms with Gasteiger partial charge in [0.15, 0.2) is 8.32 Å². The molecule has 0 amide bonds. The Labute approximate surface area is 153 Å². The van der Waals surface area contributed by atoms with E-state index in [0.717, 1.165) is 11.3 Å². The molecule has 4 nitrogen and oxygen atoms in total. The van der Waals surface area contributed by atoms with Gasteiger partial charge in [0.25, 0.3) is 0 Å². The van der Waals surface area contributed by atoms with E-state index in [1.54, 1.807) is 12.1 Å². The quantitative estimate of drug-likeness (QED) is 0.717.